The summed E-state index contributed by atoms with van der Waals surface area (Å²) in [4.78, 5) is 29.9. The summed E-state index contributed by atoms with van der Waals surface area (Å²) in [5.41, 5.74) is 0.601. The highest BCUT2D eigenvalue weighted by Gasteiger charge is 2.49. The van der Waals surface area contributed by atoms with E-state index in [9.17, 15) is 19.1 Å². The molecular formula is C21H20FN5O4. The molecule has 160 valence electrons. The van der Waals surface area contributed by atoms with E-state index in [0.717, 1.165) is 12.8 Å². The van der Waals surface area contributed by atoms with Crippen molar-refractivity contribution in [1.29, 1.82) is 0 Å². The number of carbonyl (C=O) groups excluding carboxylic acids is 1. The molecule has 1 amide bonds. The van der Waals surface area contributed by atoms with Gasteiger partial charge in [0.15, 0.2) is 0 Å². The van der Waals surface area contributed by atoms with E-state index in [-0.39, 0.29) is 16.8 Å². The lowest BCUT2D eigenvalue weighted by Gasteiger charge is -2.27. The third-order valence-electron chi connectivity index (χ3n) is 5.52. The maximum atomic E-state index is 14.5. The summed E-state index contributed by atoms with van der Waals surface area (Å²) in [7, 11) is 3.22. The fourth-order valence-electron chi connectivity index (χ4n) is 3.50. The number of aromatic carboxylic acids is 1. The standard InChI is InChI=1S/C21H20FN5O4/c1-26(21(6-7-21)12-31-2)19(28)15-9-13(3-4-16(15)22)17-11-27(25-24-17)18-10-23-8-5-14(18)20(29)30/h3-5,8-11H,6-7,12H2,1-2H3,(H,29,30). The molecule has 2 aromatic heterocycles. The normalized spacial score (nSPS) is 14.3. The predicted molar refractivity (Wildman–Crippen MR) is 107 cm³/mol. The number of hydrogen-bond acceptors (Lipinski definition) is 6. The molecular weight excluding hydrogens is 405 g/mol. The quantitative estimate of drug-likeness (QED) is 0.619. The summed E-state index contributed by atoms with van der Waals surface area (Å²) < 4.78 is 21.0. The van der Waals surface area contributed by atoms with E-state index in [1.807, 2.05) is 0 Å². The van der Waals surface area contributed by atoms with Crippen LogP contribution in [0.1, 0.15) is 33.6 Å². The second kappa shape index (κ2) is 7.88. The average Bonchev–Trinajstić information content (AvgIpc) is 3.39. The molecule has 0 radical (unpaired) electrons. The molecule has 1 saturated carbocycles. The summed E-state index contributed by atoms with van der Waals surface area (Å²) in [6.07, 6.45) is 5.84. The van der Waals surface area contributed by atoms with Gasteiger partial charge in [-0.1, -0.05) is 5.21 Å². The molecule has 9 nitrogen and oxygen atoms in total. The van der Waals surface area contributed by atoms with E-state index in [0.29, 0.717) is 17.9 Å². The van der Waals surface area contributed by atoms with Crippen molar-refractivity contribution < 1.29 is 23.8 Å². The van der Waals surface area contributed by atoms with Crippen LogP contribution in [-0.4, -0.2) is 68.2 Å². The molecule has 0 aliphatic heterocycles. The van der Waals surface area contributed by atoms with Crippen LogP contribution in [0.4, 0.5) is 4.39 Å². The molecule has 0 unspecified atom stereocenters. The molecule has 10 heteroatoms. The van der Waals surface area contributed by atoms with Gasteiger partial charge in [-0.05, 0) is 37.1 Å². The molecule has 31 heavy (non-hydrogen) atoms. The molecule has 1 aromatic carbocycles. The third-order valence-corrected chi connectivity index (χ3v) is 5.52. The first-order valence-corrected chi connectivity index (χ1v) is 9.53. The van der Waals surface area contributed by atoms with E-state index in [1.165, 1.54) is 52.4 Å². The number of methoxy groups -OCH3 is 1. The Hall–Kier alpha value is -3.66. The maximum Gasteiger partial charge on any atom is 0.338 e. The first kappa shape index (κ1) is 20.6. The predicted octanol–water partition coefficient (Wildman–Crippen LogP) is 2.42. The Balaban J connectivity index is 1.66. The van der Waals surface area contributed by atoms with Crippen LogP contribution < -0.4 is 0 Å². The van der Waals surface area contributed by atoms with Crippen LogP contribution in [0.3, 0.4) is 0 Å². The van der Waals surface area contributed by atoms with Gasteiger partial charge in [0.05, 0.1) is 41.4 Å². The highest BCUT2D eigenvalue weighted by molar-refractivity contribution is 5.96. The number of likely N-dealkylation sites (N-methyl/N-ethyl adjacent to an activating group) is 1. The Kier molecular flexibility index (Phi) is 5.24. The van der Waals surface area contributed by atoms with Crippen molar-refractivity contribution in [3.05, 3.63) is 59.8 Å². The van der Waals surface area contributed by atoms with Crippen LogP contribution in [0.15, 0.2) is 42.9 Å². The first-order chi connectivity index (χ1) is 14.9. The number of ether oxygens (including phenoxy) is 1. The maximum absolute atomic E-state index is 14.5. The van der Waals surface area contributed by atoms with Crippen LogP contribution in [-0.2, 0) is 4.74 Å². The second-order valence-corrected chi connectivity index (χ2v) is 7.46. The molecule has 1 aliphatic rings. The number of carboxylic acid groups (broad SMARTS) is 1. The molecule has 1 aliphatic carbocycles. The molecule has 2 heterocycles. The Labute approximate surface area is 177 Å². The van der Waals surface area contributed by atoms with E-state index in [2.05, 4.69) is 15.3 Å². The fourth-order valence-corrected chi connectivity index (χ4v) is 3.50. The van der Waals surface area contributed by atoms with Gasteiger partial charge in [-0.2, -0.15) is 0 Å². The molecule has 0 bridgehead atoms. The van der Waals surface area contributed by atoms with Crippen molar-refractivity contribution in [2.24, 2.45) is 0 Å². The zero-order chi connectivity index (χ0) is 22.2. The van der Waals surface area contributed by atoms with Gasteiger partial charge < -0.3 is 14.7 Å². The number of aromatic nitrogens is 4. The number of nitrogens with zero attached hydrogens (tertiary/aromatic N) is 5. The number of pyridine rings is 1. The van der Waals surface area contributed by atoms with Gasteiger partial charge in [0.2, 0.25) is 0 Å². The van der Waals surface area contributed by atoms with Crippen LogP contribution in [0.2, 0.25) is 0 Å². The fraction of sp³-hybridized carbons (Fsp3) is 0.286. The van der Waals surface area contributed by atoms with Crippen molar-refractivity contribution >= 4 is 11.9 Å². The van der Waals surface area contributed by atoms with Gasteiger partial charge in [-0.3, -0.25) is 9.78 Å². The minimum atomic E-state index is -1.13. The zero-order valence-corrected chi connectivity index (χ0v) is 16.9. The number of benzene rings is 1. The van der Waals surface area contributed by atoms with Gasteiger partial charge in [0.1, 0.15) is 11.5 Å². The van der Waals surface area contributed by atoms with Gasteiger partial charge >= 0.3 is 5.97 Å². The minimum absolute atomic E-state index is 0.0101. The number of hydrogen-bond donors (Lipinski definition) is 1. The lowest BCUT2D eigenvalue weighted by atomic mass is 10.1. The van der Waals surface area contributed by atoms with Crippen LogP contribution in [0.25, 0.3) is 16.9 Å². The van der Waals surface area contributed by atoms with Crippen molar-refractivity contribution in [2.75, 3.05) is 20.8 Å². The Morgan fingerprint density at radius 3 is 2.74 bits per heavy atom. The molecule has 0 atom stereocenters. The number of carbonyl (C=O) groups is 2. The Bertz CT molecular complexity index is 1160. The topological polar surface area (TPSA) is 110 Å². The number of rotatable bonds is 7. The van der Waals surface area contributed by atoms with E-state index >= 15 is 0 Å². The lowest BCUT2D eigenvalue weighted by molar-refractivity contribution is 0.0546. The van der Waals surface area contributed by atoms with Crippen LogP contribution in [0.5, 0.6) is 0 Å². The highest BCUT2D eigenvalue weighted by atomic mass is 19.1. The molecule has 0 saturated heterocycles. The number of halogens is 1. The van der Waals surface area contributed by atoms with Crippen molar-refractivity contribution in [1.82, 2.24) is 24.9 Å². The van der Waals surface area contributed by atoms with Gasteiger partial charge in [-0.25, -0.2) is 13.9 Å². The summed E-state index contributed by atoms with van der Waals surface area (Å²) in [5, 5.41) is 17.4. The largest absolute Gasteiger partial charge is 0.478 e. The minimum Gasteiger partial charge on any atom is -0.478 e. The third kappa shape index (κ3) is 3.77. The molecule has 4 rings (SSSR count). The van der Waals surface area contributed by atoms with Gasteiger partial charge in [0, 0.05) is 25.9 Å². The summed E-state index contributed by atoms with van der Waals surface area (Å²) in [6.45, 7) is 0.391. The van der Waals surface area contributed by atoms with Crippen LogP contribution >= 0.6 is 0 Å². The highest BCUT2D eigenvalue weighted by Crippen LogP contribution is 2.42. The van der Waals surface area contributed by atoms with E-state index in [1.54, 1.807) is 14.2 Å². The van der Waals surface area contributed by atoms with Gasteiger partial charge in [-0.15, -0.1) is 5.10 Å². The molecule has 1 N–H and O–H groups in total. The Morgan fingerprint density at radius 1 is 1.29 bits per heavy atom. The van der Waals surface area contributed by atoms with E-state index in [4.69, 9.17) is 4.74 Å². The molecule has 0 spiro atoms. The summed E-state index contributed by atoms with van der Waals surface area (Å²) >= 11 is 0. The van der Waals surface area contributed by atoms with Crippen LogP contribution in [0, 0.1) is 5.82 Å². The monoisotopic (exact) mass is 425 g/mol. The van der Waals surface area contributed by atoms with E-state index < -0.39 is 23.2 Å². The second-order valence-electron chi connectivity index (χ2n) is 7.46. The van der Waals surface area contributed by atoms with Crippen molar-refractivity contribution in [2.45, 2.75) is 18.4 Å². The van der Waals surface area contributed by atoms with Gasteiger partial charge in [0.25, 0.3) is 5.91 Å². The van der Waals surface area contributed by atoms with Crippen molar-refractivity contribution in [3.8, 4) is 16.9 Å². The van der Waals surface area contributed by atoms with Crippen molar-refractivity contribution in [3.63, 3.8) is 0 Å². The first-order valence-electron chi connectivity index (χ1n) is 9.53. The lowest BCUT2D eigenvalue weighted by Crippen LogP contribution is -2.42. The number of carboxylic acids is 1. The smallest absolute Gasteiger partial charge is 0.338 e. The number of amides is 1. The average molecular weight is 425 g/mol. The Morgan fingerprint density at radius 2 is 2.06 bits per heavy atom. The molecule has 1 fully saturated rings. The molecule has 3 aromatic rings. The SMILES string of the molecule is COCC1(N(C)C(=O)c2cc(-c3cn(-c4cnccc4C(=O)O)nn3)ccc2F)CC1. The summed E-state index contributed by atoms with van der Waals surface area (Å²) in [5.74, 6) is -2.21. The zero-order valence-electron chi connectivity index (χ0n) is 16.9. The summed E-state index contributed by atoms with van der Waals surface area (Å²) in [6, 6.07) is 5.48.